The molecular formula is C12H15ClO2. The molecule has 15 heavy (non-hydrogen) atoms. The number of rotatable bonds is 3. The van der Waals surface area contributed by atoms with E-state index >= 15 is 0 Å². The standard InChI is InChI=1S/C12H15ClO2/c1-8-6-10(4-5-12(14)15-3)11(13)7-9(8)2/h6-7H,4-5H2,1-3H3. The van der Waals surface area contributed by atoms with Gasteiger partial charge in [-0.15, -0.1) is 0 Å². The Morgan fingerprint density at radius 2 is 1.93 bits per heavy atom. The zero-order valence-corrected chi connectivity index (χ0v) is 10.0. The molecule has 0 heterocycles. The van der Waals surface area contributed by atoms with Gasteiger partial charge < -0.3 is 4.74 Å². The van der Waals surface area contributed by atoms with Crippen molar-refractivity contribution in [2.24, 2.45) is 0 Å². The topological polar surface area (TPSA) is 26.3 Å². The number of hydrogen-bond acceptors (Lipinski definition) is 2. The number of esters is 1. The predicted molar refractivity (Wildman–Crippen MR) is 61.3 cm³/mol. The molecule has 0 fully saturated rings. The summed E-state index contributed by atoms with van der Waals surface area (Å²) in [5.74, 6) is -0.204. The van der Waals surface area contributed by atoms with Crippen LogP contribution in [0, 0.1) is 13.8 Å². The van der Waals surface area contributed by atoms with E-state index in [0.29, 0.717) is 12.8 Å². The lowest BCUT2D eigenvalue weighted by molar-refractivity contribution is -0.140. The van der Waals surface area contributed by atoms with Gasteiger partial charge in [-0.2, -0.15) is 0 Å². The summed E-state index contributed by atoms with van der Waals surface area (Å²) in [7, 11) is 1.39. The minimum absolute atomic E-state index is 0.204. The van der Waals surface area contributed by atoms with Crippen LogP contribution in [0.5, 0.6) is 0 Å². The van der Waals surface area contributed by atoms with Crippen LogP contribution < -0.4 is 0 Å². The van der Waals surface area contributed by atoms with Gasteiger partial charge in [-0.1, -0.05) is 17.7 Å². The molecule has 0 aliphatic rings. The average Bonchev–Trinajstić information content (AvgIpc) is 2.21. The fourth-order valence-electron chi connectivity index (χ4n) is 1.37. The van der Waals surface area contributed by atoms with Gasteiger partial charge in [0.05, 0.1) is 7.11 Å². The van der Waals surface area contributed by atoms with Crippen molar-refractivity contribution in [2.75, 3.05) is 7.11 Å². The summed E-state index contributed by atoms with van der Waals surface area (Å²) in [6.07, 6.45) is 1.01. The van der Waals surface area contributed by atoms with E-state index < -0.39 is 0 Å². The summed E-state index contributed by atoms with van der Waals surface area (Å²) in [4.78, 5) is 11.0. The highest BCUT2D eigenvalue weighted by Gasteiger charge is 2.06. The summed E-state index contributed by atoms with van der Waals surface area (Å²) in [6, 6.07) is 3.96. The second-order valence-electron chi connectivity index (χ2n) is 3.60. The maximum absolute atomic E-state index is 11.0. The van der Waals surface area contributed by atoms with E-state index in [1.54, 1.807) is 0 Å². The first-order chi connectivity index (χ1) is 7.04. The molecule has 0 aliphatic heterocycles. The average molecular weight is 227 g/mol. The zero-order chi connectivity index (χ0) is 11.4. The van der Waals surface area contributed by atoms with Gasteiger partial charge in [0.2, 0.25) is 0 Å². The van der Waals surface area contributed by atoms with Crippen molar-refractivity contribution in [1.82, 2.24) is 0 Å². The number of aryl methyl sites for hydroxylation is 3. The van der Waals surface area contributed by atoms with Crippen LogP contribution in [0.15, 0.2) is 12.1 Å². The highest BCUT2D eigenvalue weighted by Crippen LogP contribution is 2.22. The van der Waals surface area contributed by atoms with E-state index in [4.69, 9.17) is 11.6 Å². The third-order valence-corrected chi connectivity index (χ3v) is 2.84. The number of halogens is 1. The fraction of sp³-hybridized carbons (Fsp3) is 0.417. The van der Waals surface area contributed by atoms with Gasteiger partial charge in [0.1, 0.15) is 0 Å². The summed E-state index contributed by atoms with van der Waals surface area (Å²) >= 11 is 6.08. The minimum Gasteiger partial charge on any atom is -0.469 e. The van der Waals surface area contributed by atoms with Crippen LogP contribution in [0.1, 0.15) is 23.1 Å². The number of ether oxygens (including phenoxy) is 1. The maximum Gasteiger partial charge on any atom is 0.305 e. The largest absolute Gasteiger partial charge is 0.469 e. The van der Waals surface area contributed by atoms with Crippen molar-refractivity contribution in [3.05, 3.63) is 33.8 Å². The molecule has 1 rings (SSSR count). The van der Waals surface area contributed by atoms with Crippen LogP contribution in [0.2, 0.25) is 5.02 Å². The van der Waals surface area contributed by atoms with Crippen molar-refractivity contribution in [1.29, 1.82) is 0 Å². The fourth-order valence-corrected chi connectivity index (χ4v) is 1.68. The number of hydrogen-bond donors (Lipinski definition) is 0. The molecule has 0 unspecified atom stereocenters. The van der Waals surface area contributed by atoms with Crippen LogP contribution in [0.3, 0.4) is 0 Å². The van der Waals surface area contributed by atoms with Crippen LogP contribution in [0.25, 0.3) is 0 Å². The Labute approximate surface area is 95.2 Å². The Bertz CT molecular complexity index is 372. The first-order valence-corrected chi connectivity index (χ1v) is 5.25. The lowest BCUT2D eigenvalue weighted by Crippen LogP contribution is -2.02. The molecule has 3 heteroatoms. The number of benzene rings is 1. The van der Waals surface area contributed by atoms with Gasteiger partial charge in [0.25, 0.3) is 0 Å². The SMILES string of the molecule is COC(=O)CCc1cc(C)c(C)cc1Cl. The smallest absolute Gasteiger partial charge is 0.305 e. The Morgan fingerprint density at radius 3 is 2.53 bits per heavy atom. The summed E-state index contributed by atoms with van der Waals surface area (Å²) < 4.78 is 4.58. The first-order valence-electron chi connectivity index (χ1n) is 4.87. The van der Waals surface area contributed by atoms with Crippen LogP contribution in [-0.2, 0) is 16.0 Å². The highest BCUT2D eigenvalue weighted by molar-refractivity contribution is 6.31. The monoisotopic (exact) mass is 226 g/mol. The Balaban J connectivity index is 2.77. The van der Waals surface area contributed by atoms with Gasteiger partial charge in [-0.05, 0) is 43.0 Å². The second-order valence-corrected chi connectivity index (χ2v) is 4.01. The summed E-state index contributed by atoms with van der Waals surface area (Å²) in [6.45, 7) is 4.05. The van der Waals surface area contributed by atoms with Crippen LogP contribution in [-0.4, -0.2) is 13.1 Å². The lowest BCUT2D eigenvalue weighted by Gasteiger charge is -2.07. The second kappa shape index (κ2) is 5.17. The van der Waals surface area contributed by atoms with E-state index in [9.17, 15) is 4.79 Å². The lowest BCUT2D eigenvalue weighted by atomic mass is 10.0. The molecule has 1 aromatic rings. The Morgan fingerprint density at radius 1 is 1.33 bits per heavy atom. The Hall–Kier alpha value is -1.02. The van der Waals surface area contributed by atoms with Crippen LogP contribution >= 0.6 is 11.6 Å². The van der Waals surface area contributed by atoms with Crippen molar-refractivity contribution in [3.8, 4) is 0 Å². The third kappa shape index (κ3) is 3.24. The first kappa shape index (κ1) is 12.1. The van der Waals surface area contributed by atoms with Crippen molar-refractivity contribution < 1.29 is 9.53 Å². The van der Waals surface area contributed by atoms with Crippen LogP contribution in [0.4, 0.5) is 0 Å². The van der Waals surface area contributed by atoms with Crippen molar-refractivity contribution in [3.63, 3.8) is 0 Å². The molecule has 2 nitrogen and oxygen atoms in total. The van der Waals surface area contributed by atoms with Gasteiger partial charge in [0.15, 0.2) is 0 Å². The predicted octanol–water partition coefficient (Wildman–Crippen LogP) is 3.06. The van der Waals surface area contributed by atoms with Gasteiger partial charge >= 0.3 is 5.97 Å². The van der Waals surface area contributed by atoms with E-state index in [2.05, 4.69) is 4.74 Å². The third-order valence-electron chi connectivity index (χ3n) is 2.49. The van der Waals surface area contributed by atoms with Gasteiger partial charge in [0, 0.05) is 11.4 Å². The molecule has 0 amide bonds. The summed E-state index contributed by atoms with van der Waals surface area (Å²) in [5, 5.41) is 0.724. The maximum atomic E-state index is 11.0. The minimum atomic E-state index is -0.204. The molecular weight excluding hydrogens is 212 g/mol. The number of carbonyl (C=O) groups excluding carboxylic acids is 1. The van der Waals surface area contributed by atoms with Gasteiger partial charge in [-0.25, -0.2) is 0 Å². The van der Waals surface area contributed by atoms with Crippen molar-refractivity contribution in [2.45, 2.75) is 26.7 Å². The molecule has 82 valence electrons. The molecule has 0 saturated carbocycles. The van der Waals surface area contributed by atoms with Crippen molar-refractivity contribution >= 4 is 17.6 Å². The number of methoxy groups -OCH3 is 1. The quantitative estimate of drug-likeness (QED) is 0.741. The van der Waals surface area contributed by atoms with E-state index in [0.717, 1.165) is 10.6 Å². The molecule has 0 spiro atoms. The molecule has 0 aliphatic carbocycles. The molecule has 1 aromatic carbocycles. The van der Waals surface area contributed by atoms with Gasteiger partial charge in [-0.3, -0.25) is 4.79 Å². The van der Waals surface area contributed by atoms with E-state index in [-0.39, 0.29) is 5.97 Å². The summed E-state index contributed by atoms with van der Waals surface area (Å²) in [5.41, 5.74) is 3.37. The molecule has 0 bridgehead atoms. The normalized spacial score (nSPS) is 10.1. The zero-order valence-electron chi connectivity index (χ0n) is 9.26. The molecule has 0 atom stereocenters. The molecule has 0 saturated heterocycles. The van der Waals surface area contributed by atoms with E-state index in [1.165, 1.54) is 18.2 Å². The Kier molecular flexibility index (Phi) is 4.15. The molecule has 0 N–H and O–H groups in total. The number of carbonyl (C=O) groups is 1. The van der Waals surface area contributed by atoms with E-state index in [1.807, 2.05) is 26.0 Å². The highest BCUT2D eigenvalue weighted by atomic mass is 35.5. The molecule has 0 aromatic heterocycles. The molecule has 0 radical (unpaired) electrons.